The first-order valence-electron chi connectivity index (χ1n) is 15.6. The number of benzene rings is 4. The van der Waals surface area contributed by atoms with Gasteiger partial charge in [-0.15, -0.1) is 0 Å². The van der Waals surface area contributed by atoms with Gasteiger partial charge in [0.1, 0.15) is 0 Å². The van der Waals surface area contributed by atoms with Gasteiger partial charge in [0.05, 0.1) is 5.69 Å². The van der Waals surface area contributed by atoms with Crippen molar-refractivity contribution in [2.45, 2.75) is 59.3 Å². The van der Waals surface area contributed by atoms with Gasteiger partial charge < -0.3 is 0 Å². The molecule has 0 unspecified atom stereocenters. The van der Waals surface area contributed by atoms with Gasteiger partial charge >= 0.3 is 0 Å². The van der Waals surface area contributed by atoms with Gasteiger partial charge in [0.15, 0.2) is 17.5 Å². The first-order valence-corrected chi connectivity index (χ1v) is 15.6. The van der Waals surface area contributed by atoms with Gasteiger partial charge in [-0.05, 0) is 52.1 Å². The molecular formula is C41H40N4. The van der Waals surface area contributed by atoms with Crippen LogP contribution < -0.4 is 0 Å². The Bertz CT molecular complexity index is 1830. The highest BCUT2D eigenvalue weighted by Crippen LogP contribution is 2.30. The molecule has 0 saturated carbocycles. The number of pyridine rings is 1. The lowest BCUT2D eigenvalue weighted by molar-refractivity contribution is 0.590. The first-order chi connectivity index (χ1) is 21.4. The van der Waals surface area contributed by atoms with E-state index in [-0.39, 0.29) is 10.8 Å². The van der Waals surface area contributed by atoms with Gasteiger partial charge in [0.25, 0.3) is 0 Å². The molecule has 0 N–H and O–H groups in total. The molecular weight excluding hydrogens is 548 g/mol. The summed E-state index contributed by atoms with van der Waals surface area (Å²) in [5, 5.41) is 0. The second-order valence-corrected chi connectivity index (χ2v) is 13.8. The predicted octanol–water partition coefficient (Wildman–Crippen LogP) is 10.5. The number of aromatic nitrogens is 4. The summed E-state index contributed by atoms with van der Waals surface area (Å²) in [5.41, 5.74) is 11.0. The molecule has 2 heterocycles. The normalized spacial score (nSPS) is 11.9. The fourth-order valence-electron chi connectivity index (χ4n) is 5.28. The quantitative estimate of drug-likeness (QED) is 0.201. The lowest BCUT2D eigenvalue weighted by Crippen LogP contribution is -2.10. The summed E-state index contributed by atoms with van der Waals surface area (Å²) in [5.74, 6) is 1.89. The molecule has 45 heavy (non-hydrogen) atoms. The number of hydrogen-bond donors (Lipinski definition) is 0. The summed E-state index contributed by atoms with van der Waals surface area (Å²) >= 11 is 0. The smallest absolute Gasteiger partial charge is 0.165 e. The van der Waals surface area contributed by atoms with Crippen LogP contribution in [0, 0.1) is 6.92 Å². The molecule has 6 rings (SSSR count). The Labute approximate surface area is 267 Å². The van der Waals surface area contributed by atoms with E-state index in [1.165, 1.54) is 27.8 Å². The van der Waals surface area contributed by atoms with E-state index < -0.39 is 0 Å². The number of aryl methyl sites for hydroxylation is 1. The minimum absolute atomic E-state index is 0.0666. The van der Waals surface area contributed by atoms with Crippen molar-refractivity contribution in [1.29, 1.82) is 0 Å². The Hall–Kier alpha value is -4.96. The molecule has 0 aliphatic heterocycles. The molecule has 0 saturated heterocycles. The summed E-state index contributed by atoms with van der Waals surface area (Å²) in [6.07, 6.45) is 1.86. The SMILES string of the molecule is Cc1ccc(-c2ccc(-c3ccc(-c4nc(-c5ccc(C(C)(C)C)cc5)nc(-c5ccc(C(C)(C)C)cc5)n4)cn3)cc2)cc1. The fraction of sp³-hybridized carbons (Fsp3) is 0.220. The fourth-order valence-corrected chi connectivity index (χ4v) is 5.28. The van der Waals surface area contributed by atoms with E-state index in [0.29, 0.717) is 17.5 Å². The average Bonchev–Trinajstić information content (AvgIpc) is 3.04. The van der Waals surface area contributed by atoms with Crippen LogP contribution in [0.2, 0.25) is 0 Å². The predicted molar refractivity (Wildman–Crippen MR) is 187 cm³/mol. The summed E-state index contributed by atoms with van der Waals surface area (Å²) in [6.45, 7) is 15.4. The Balaban J connectivity index is 1.35. The van der Waals surface area contributed by atoms with Crippen LogP contribution in [0.5, 0.6) is 0 Å². The Morgan fingerprint density at radius 2 is 0.733 bits per heavy atom. The minimum Gasteiger partial charge on any atom is -0.255 e. The molecule has 0 amide bonds. The first kappa shape index (κ1) is 30.1. The third kappa shape index (κ3) is 6.76. The van der Waals surface area contributed by atoms with E-state index in [0.717, 1.165) is 27.9 Å². The summed E-state index contributed by atoms with van der Waals surface area (Å²) in [6, 6.07) is 38.3. The van der Waals surface area contributed by atoms with Crippen LogP contribution in [0.15, 0.2) is 115 Å². The zero-order chi connectivity index (χ0) is 31.8. The van der Waals surface area contributed by atoms with E-state index in [1.807, 2.05) is 18.3 Å². The third-order valence-corrected chi connectivity index (χ3v) is 8.24. The van der Waals surface area contributed by atoms with E-state index >= 15 is 0 Å². The van der Waals surface area contributed by atoms with Crippen molar-refractivity contribution in [3.8, 4) is 56.5 Å². The maximum absolute atomic E-state index is 4.94. The van der Waals surface area contributed by atoms with Crippen LogP contribution >= 0.6 is 0 Å². The van der Waals surface area contributed by atoms with Crippen molar-refractivity contribution in [2.24, 2.45) is 0 Å². The maximum Gasteiger partial charge on any atom is 0.165 e. The Morgan fingerprint density at radius 1 is 0.378 bits per heavy atom. The molecule has 0 aliphatic carbocycles. The largest absolute Gasteiger partial charge is 0.255 e. The molecule has 0 bridgehead atoms. The lowest BCUT2D eigenvalue weighted by Gasteiger charge is -2.19. The van der Waals surface area contributed by atoms with Gasteiger partial charge in [-0.2, -0.15) is 0 Å². The van der Waals surface area contributed by atoms with Crippen molar-refractivity contribution in [3.63, 3.8) is 0 Å². The van der Waals surface area contributed by atoms with Crippen molar-refractivity contribution >= 4 is 0 Å². The second-order valence-electron chi connectivity index (χ2n) is 13.8. The Morgan fingerprint density at radius 3 is 1.13 bits per heavy atom. The molecule has 0 radical (unpaired) electrons. The molecule has 6 aromatic rings. The second kappa shape index (κ2) is 11.9. The standard InChI is InChI=1S/C41H40N4/c1-27-8-10-28(11-9-27)29-12-14-30(15-13-29)36-25-20-33(26-42-36)39-44-37(31-16-21-34(22-17-31)40(2,3)4)43-38(45-39)32-18-23-35(24-19-32)41(5,6)7/h8-26H,1-7H3. The van der Waals surface area contributed by atoms with Gasteiger partial charge in [-0.3, -0.25) is 4.98 Å². The topological polar surface area (TPSA) is 51.6 Å². The van der Waals surface area contributed by atoms with E-state index in [4.69, 9.17) is 19.9 Å². The van der Waals surface area contributed by atoms with Gasteiger partial charge in [0.2, 0.25) is 0 Å². The van der Waals surface area contributed by atoms with Gasteiger partial charge in [-0.1, -0.05) is 144 Å². The minimum atomic E-state index is 0.0666. The molecule has 0 spiro atoms. The summed E-state index contributed by atoms with van der Waals surface area (Å²) in [7, 11) is 0. The Kier molecular flexibility index (Phi) is 7.92. The number of hydrogen-bond acceptors (Lipinski definition) is 4. The zero-order valence-corrected chi connectivity index (χ0v) is 27.3. The molecule has 0 fully saturated rings. The maximum atomic E-state index is 4.94. The highest BCUT2D eigenvalue weighted by Gasteiger charge is 2.17. The number of nitrogens with zero attached hydrogens (tertiary/aromatic N) is 4. The van der Waals surface area contributed by atoms with E-state index in [1.54, 1.807) is 0 Å². The van der Waals surface area contributed by atoms with Crippen molar-refractivity contribution in [2.75, 3.05) is 0 Å². The third-order valence-electron chi connectivity index (χ3n) is 8.24. The van der Waals surface area contributed by atoms with E-state index in [2.05, 4.69) is 146 Å². The molecule has 4 nitrogen and oxygen atoms in total. The van der Waals surface area contributed by atoms with Crippen LogP contribution in [0.4, 0.5) is 0 Å². The molecule has 0 atom stereocenters. The molecule has 4 aromatic carbocycles. The van der Waals surface area contributed by atoms with Crippen LogP contribution in [0.3, 0.4) is 0 Å². The monoisotopic (exact) mass is 588 g/mol. The van der Waals surface area contributed by atoms with Crippen LogP contribution in [0.25, 0.3) is 56.5 Å². The summed E-state index contributed by atoms with van der Waals surface area (Å²) < 4.78 is 0. The van der Waals surface area contributed by atoms with Crippen LogP contribution in [-0.4, -0.2) is 19.9 Å². The lowest BCUT2D eigenvalue weighted by atomic mass is 9.86. The molecule has 224 valence electrons. The summed E-state index contributed by atoms with van der Waals surface area (Å²) in [4.78, 5) is 19.6. The van der Waals surface area contributed by atoms with Crippen molar-refractivity contribution in [3.05, 3.63) is 132 Å². The average molecular weight is 589 g/mol. The highest BCUT2D eigenvalue weighted by atomic mass is 15.0. The highest BCUT2D eigenvalue weighted by molar-refractivity contribution is 5.71. The van der Waals surface area contributed by atoms with Gasteiger partial charge in [0, 0.05) is 28.5 Å². The zero-order valence-electron chi connectivity index (χ0n) is 27.3. The van der Waals surface area contributed by atoms with Crippen molar-refractivity contribution in [1.82, 2.24) is 19.9 Å². The van der Waals surface area contributed by atoms with Crippen LogP contribution in [-0.2, 0) is 10.8 Å². The molecule has 2 aromatic heterocycles. The van der Waals surface area contributed by atoms with E-state index in [9.17, 15) is 0 Å². The van der Waals surface area contributed by atoms with Gasteiger partial charge in [-0.25, -0.2) is 15.0 Å². The van der Waals surface area contributed by atoms with Crippen LogP contribution in [0.1, 0.15) is 58.2 Å². The molecule has 0 aliphatic rings. The van der Waals surface area contributed by atoms with Crippen molar-refractivity contribution < 1.29 is 0 Å². The number of rotatable bonds is 5. The molecule has 4 heteroatoms.